The van der Waals surface area contributed by atoms with Crippen molar-refractivity contribution in [1.29, 1.82) is 0 Å². The van der Waals surface area contributed by atoms with Crippen LogP contribution in [0.1, 0.15) is 20.8 Å². The number of nitro groups is 1. The van der Waals surface area contributed by atoms with Gasteiger partial charge in [-0.3, -0.25) is 19.9 Å². The van der Waals surface area contributed by atoms with Gasteiger partial charge in [-0.05, 0) is 20.8 Å². The summed E-state index contributed by atoms with van der Waals surface area (Å²) in [6.45, 7) is 7.28. The Balaban J connectivity index is 1.60. The van der Waals surface area contributed by atoms with Gasteiger partial charge in [0.1, 0.15) is 22.6 Å². The molecule has 0 bridgehead atoms. The third-order valence-electron chi connectivity index (χ3n) is 4.67. The Hall–Kier alpha value is -3.61. The minimum atomic E-state index is -0.572. The highest BCUT2D eigenvalue weighted by Gasteiger charge is 2.27. The maximum Gasteiger partial charge on any atom is 0.410 e. The lowest BCUT2D eigenvalue weighted by Crippen LogP contribution is -2.50. The van der Waals surface area contributed by atoms with E-state index < -0.39 is 16.1 Å². The number of nitrogens with zero attached hydrogens (tertiary/aromatic N) is 7. The van der Waals surface area contributed by atoms with Gasteiger partial charge in [-0.1, -0.05) is 11.3 Å². The van der Waals surface area contributed by atoms with Gasteiger partial charge >= 0.3 is 6.09 Å². The minimum Gasteiger partial charge on any atom is -0.444 e. The molecule has 0 spiro atoms. The van der Waals surface area contributed by atoms with Gasteiger partial charge in [-0.15, -0.1) is 0 Å². The summed E-state index contributed by atoms with van der Waals surface area (Å²) in [6.07, 6.45) is 2.26. The predicted octanol–water partition coefficient (Wildman–Crippen LogP) is 2.18. The van der Waals surface area contributed by atoms with E-state index >= 15 is 0 Å². The van der Waals surface area contributed by atoms with Crippen LogP contribution >= 0.6 is 11.3 Å². The van der Waals surface area contributed by atoms with Crippen LogP contribution in [0, 0.1) is 10.1 Å². The van der Waals surface area contributed by atoms with Gasteiger partial charge < -0.3 is 14.5 Å². The van der Waals surface area contributed by atoms with E-state index in [2.05, 4.69) is 15.1 Å². The number of piperazine rings is 1. The third-order valence-corrected chi connectivity index (χ3v) is 5.63. The minimum absolute atomic E-state index is 0.150. The quantitative estimate of drug-likeness (QED) is 0.426. The second-order valence-corrected chi connectivity index (χ2v) is 9.15. The fourth-order valence-corrected chi connectivity index (χ4v) is 4.11. The van der Waals surface area contributed by atoms with Crippen molar-refractivity contribution in [2.24, 2.45) is 0 Å². The average molecular weight is 459 g/mol. The smallest absolute Gasteiger partial charge is 0.410 e. The molecule has 1 aliphatic heterocycles. The zero-order valence-corrected chi connectivity index (χ0v) is 18.5. The number of aromatic nitrogens is 4. The number of carbonyl (C=O) groups excluding carboxylic acids is 1. The van der Waals surface area contributed by atoms with E-state index in [9.17, 15) is 19.7 Å². The van der Waals surface area contributed by atoms with E-state index in [1.165, 1.54) is 18.3 Å². The van der Waals surface area contributed by atoms with Crippen molar-refractivity contribution in [3.05, 3.63) is 45.0 Å². The van der Waals surface area contributed by atoms with Crippen molar-refractivity contribution in [3.63, 3.8) is 0 Å². The van der Waals surface area contributed by atoms with Crippen molar-refractivity contribution in [3.8, 4) is 10.6 Å². The molecule has 3 aromatic rings. The maximum absolute atomic E-state index is 12.3. The molecule has 0 radical (unpaired) electrons. The lowest BCUT2D eigenvalue weighted by Gasteiger charge is -2.36. The van der Waals surface area contributed by atoms with Gasteiger partial charge in [0, 0.05) is 50.1 Å². The number of rotatable bonds is 3. The molecule has 0 atom stereocenters. The molecule has 0 unspecified atom stereocenters. The Bertz CT molecular complexity index is 1240. The van der Waals surface area contributed by atoms with Gasteiger partial charge in [-0.25, -0.2) is 4.79 Å². The number of ether oxygens (including phenoxy) is 1. The van der Waals surface area contributed by atoms with Gasteiger partial charge in [-0.2, -0.15) is 14.6 Å². The van der Waals surface area contributed by atoms with Crippen molar-refractivity contribution in [2.45, 2.75) is 26.4 Å². The van der Waals surface area contributed by atoms with E-state index in [1.54, 1.807) is 9.42 Å². The SMILES string of the molecule is CC(C)(C)OC(=O)N1CCN(c2cc(=O)nc3sc(-c4cncc([N+](=O)[O-])c4)nn23)CC1. The molecule has 0 aliphatic carbocycles. The van der Waals surface area contributed by atoms with Crippen LogP contribution in [0.2, 0.25) is 0 Å². The van der Waals surface area contributed by atoms with Gasteiger partial charge in [0.05, 0.1) is 4.92 Å². The highest BCUT2D eigenvalue weighted by molar-refractivity contribution is 7.19. The summed E-state index contributed by atoms with van der Waals surface area (Å²) >= 11 is 1.14. The van der Waals surface area contributed by atoms with Crippen molar-refractivity contribution in [1.82, 2.24) is 24.5 Å². The first kappa shape index (κ1) is 21.6. The van der Waals surface area contributed by atoms with E-state index in [-0.39, 0.29) is 11.8 Å². The van der Waals surface area contributed by atoms with Gasteiger partial charge in [0.15, 0.2) is 0 Å². The van der Waals surface area contributed by atoms with E-state index in [4.69, 9.17) is 4.74 Å². The molecule has 168 valence electrons. The number of hydrogen-bond donors (Lipinski definition) is 0. The molecule has 1 amide bonds. The van der Waals surface area contributed by atoms with Crippen LogP contribution in [0.5, 0.6) is 0 Å². The maximum atomic E-state index is 12.3. The standard InChI is InChI=1S/C19H21N7O5S/c1-19(2,3)31-18(28)24-6-4-23(5-7-24)15-9-14(27)21-17-25(15)22-16(32-17)12-8-13(26(29)30)11-20-10-12/h8-11H,4-7H2,1-3H3. The molecule has 4 heterocycles. The van der Waals surface area contributed by atoms with Crippen LogP contribution in [0.3, 0.4) is 0 Å². The number of fused-ring (bicyclic) bond motifs is 1. The zero-order chi connectivity index (χ0) is 23.0. The van der Waals surface area contributed by atoms with Crippen LogP contribution in [0.15, 0.2) is 29.3 Å². The normalized spacial score (nSPS) is 14.6. The van der Waals surface area contributed by atoms with E-state index in [0.717, 1.165) is 17.5 Å². The zero-order valence-electron chi connectivity index (χ0n) is 17.7. The van der Waals surface area contributed by atoms with Crippen LogP contribution in [-0.2, 0) is 4.74 Å². The Morgan fingerprint density at radius 1 is 1.19 bits per heavy atom. The number of pyridine rings is 1. The third kappa shape index (κ3) is 4.51. The molecule has 12 nitrogen and oxygen atoms in total. The number of anilines is 1. The topological polar surface area (TPSA) is 136 Å². The summed E-state index contributed by atoms with van der Waals surface area (Å²) in [5.41, 5.74) is -0.676. The number of amides is 1. The Morgan fingerprint density at radius 2 is 1.91 bits per heavy atom. The second kappa shape index (κ2) is 8.15. The molecule has 0 N–H and O–H groups in total. The second-order valence-electron chi connectivity index (χ2n) is 8.20. The molecular formula is C19H21N7O5S. The summed E-state index contributed by atoms with van der Waals surface area (Å²) < 4.78 is 6.97. The van der Waals surface area contributed by atoms with Crippen LogP contribution < -0.4 is 10.5 Å². The first-order chi connectivity index (χ1) is 15.1. The lowest BCUT2D eigenvalue weighted by atomic mass is 10.2. The van der Waals surface area contributed by atoms with Crippen molar-refractivity contribution >= 4 is 33.9 Å². The molecule has 0 aromatic carbocycles. The highest BCUT2D eigenvalue weighted by atomic mass is 32.1. The fraction of sp³-hybridized carbons (Fsp3) is 0.421. The first-order valence-electron chi connectivity index (χ1n) is 9.84. The molecule has 32 heavy (non-hydrogen) atoms. The fourth-order valence-electron chi connectivity index (χ4n) is 3.23. The largest absolute Gasteiger partial charge is 0.444 e. The Morgan fingerprint density at radius 3 is 2.56 bits per heavy atom. The summed E-state index contributed by atoms with van der Waals surface area (Å²) in [5.74, 6) is 0.546. The number of hydrogen-bond acceptors (Lipinski definition) is 10. The van der Waals surface area contributed by atoms with Crippen LogP contribution in [0.25, 0.3) is 15.5 Å². The molecule has 1 saturated heterocycles. The Kier molecular flexibility index (Phi) is 5.50. The number of carbonyl (C=O) groups is 1. The molecular weight excluding hydrogens is 438 g/mol. The van der Waals surface area contributed by atoms with E-state index in [0.29, 0.717) is 47.5 Å². The summed E-state index contributed by atoms with van der Waals surface area (Å²) in [5, 5.41) is 16.0. The summed E-state index contributed by atoms with van der Waals surface area (Å²) in [4.78, 5) is 46.9. The Labute approximate surface area is 186 Å². The van der Waals surface area contributed by atoms with Crippen LogP contribution in [-0.4, -0.2) is 67.3 Å². The molecule has 4 rings (SSSR count). The molecule has 0 saturated carbocycles. The summed E-state index contributed by atoms with van der Waals surface area (Å²) in [6, 6.07) is 2.77. The van der Waals surface area contributed by atoms with Crippen LogP contribution in [0.4, 0.5) is 16.3 Å². The average Bonchev–Trinajstić information content (AvgIpc) is 3.16. The van der Waals surface area contributed by atoms with E-state index in [1.807, 2.05) is 25.7 Å². The van der Waals surface area contributed by atoms with Crippen molar-refractivity contribution < 1.29 is 14.5 Å². The monoisotopic (exact) mass is 459 g/mol. The van der Waals surface area contributed by atoms with Gasteiger partial charge in [0.25, 0.3) is 11.2 Å². The molecule has 1 aliphatic rings. The highest BCUT2D eigenvalue weighted by Crippen LogP contribution is 2.28. The van der Waals surface area contributed by atoms with Gasteiger partial charge in [0.2, 0.25) is 4.96 Å². The molecule has 1 fully saturated rings. The van der Waals surface area contributed by atoms with Crippen molar-refractivity contribution in [2.75, 3.05) is 31.1 Å². The summed E-state index contributed by atoms with van der Waals surface area (Å²) in [7, 11) is 0. The lowest BCUT2D eigenvalue weighted by molar-refractivity contribution is -0.385. The molecule has 3 aromatic heterocycles. The predicted molar refractivity (Wildman–Crippen MR) is 117 cm³/mol. The first-order valence-corrected chi connectivity index (χ1v) is 10.7. The molecule has 13 heteroatoms.